The molecule has 0 aliphatic carbocycles. The van der Waals surface area contributed by atoms with E-state index in [1.807, 2.05) is 26.0 Å². The van der Waals surface area contributed by atoms with E-state index in [-0.39, 0.29) is 18.2 Å². The maximum Gasteiger partial charge on any atom is 0.227 e. The topological polar surface area (TPSA) is 55.8 Å². The molecule has 6 heteroatoms. The summed E-state index contributed by atoms with van der Waals surface area (Å²) in [6, 6.07) is 5.56. The van der Waals surface area contributed by atoms with Gasteiger partial charge >= 0.3 is 0 Å². The summed E-state index contributed by atoms with van der Waals surface area (Å²) in [4.78, 5) is 16.7. The van der Waals surface area contributed by atoms with Crippen molar-refractivity contribution in [3.05, 3.63) is 23.2 Å². The number of rotatable bonds is 5. The Kier molecular flexibility index (Phi) is 6.27. The zero-order chi connectivity index (χ0) is 17.0. The first-order valence-corrected chi connectivity index (χ1v) is 8.45. The Morgan fingerprint density at radius 2 is 1.96 bits per heavy atom. The van der Waals surface area contributed by atoms with E-state index in [1.54, 1.807) is 6.07 Å². The first-order valence-electron chi connectivity index (χ1n) is 8.07. The van der Waals surface area contributed by atoms with E-state index in [1.165, 1.54) is 0 Å². The van der Waals surface area contributed by atoms with Gasteiger partial charge in [0.1, 0.15) is 0 Å². The minimum Gasteiger partial charge on any atom is -0.392 e. The molecule has 5 nitrogen and oxygen atoms in total. The molecule has 2 rings (SSSR count). The predicted octanol–water partition coefficient (Wildman–Crippen LogP) is 2.44. The van der Waals surface area contributed by atoms with Crippen LogP contribution in [0, 0.1) is 5.92 Å². The molecule has 1 aromatic rings. The van der Waals surface area contributed by atoms with Gasteiger partial charge in [0, 0.05) is 31.2 Å². The van der Waals surface area contributed by atoms with Gasteiger partial charge in [0.05, 0.1) is 23.9 Å². The van der Waals surface area contributed by atoms with Crippen molar-refractivity contribution in [1.29, 1.82) is 0 Å². The van der Waals surface area contributed by atoms with Crippen LogP contribution in [0.4, 0.5) is 11.4 Å². The number of piperazine rings is 1. The summed E-state index contributed by atoms with van der Waals surface area (Å²) in [5.74, 6) is -0.138. The molecule has 0 saturated carbocycles. The van der Waals surface area contributed by atoms with Crippen molar-refractivity contribution < 1.29 is 9.90 Å². The number of aliphatic hydroxyl groups excluding tert-OH is 1. The lowest BCUT2D eigenvalue weighted by molar-refractivity contribution is -0.118. The van der Waals surface area contributed by atoms with Gasteiger partial charge in [-0.15, -0.1) is 0 Å². The van der Waals surface area contributed by atoms with Crippen LogP contribution in [0.25, 0.3) is 0 Å². The first-order chi connectivity index (χ1) is 10.9. The standard InChI is InChI=1S/C17H26ClN3O2/c1-12(2)16(22)11-17(23)19-14-10-13(18)4-5-15(14)21-8-6-20(3)7-9-21/h4-5,10,12,16,22H,6-9,11H2,1-3H3,(H,19,23). The van der Waals surface area contributed by atoms with Crippen molar-refractivity contribution >= 4 is 28.9 Å². The lowest BCUT2D eigenvalue weighted by Gasteiger charge is -2.35. The molecular weight excluding hydrogens is 314 g/mol. The highest BCUT2D eigenvalue weighted by Gasteiger charge is 2.20. The second-order valence-electron chi connectivity index (χ2n) is 6.52. The quantitative estimate of drug-likeness (QED) is 0.865. The number of amides is 1. The van der Waals surface area contributed by atoms with Crippen LogP contribution in [0.3, 0.4) is 0 Å². The van der Waals surface area contributed by atoms with Gasteiger partial charge in [0.2, 0.25) is 5.91 Å². The van der Waals surface area contributed by atoms with Crippen LogP contribution >= 0.6 is 11.6 Å². The summed E-state index contributed by atoms with van der Waals surface area (Å²) >= 11 is 6.09. The maximum absolute atomic E-state index is 12.2. The van der Waals surface area contributed by atoms with E-state index < -0.39 is 6.10 Å². The second kappa shape index (κ2) is 7.99. The lowest BCUT2D eigenvalue weighted by Crippen LogP contribution is -2.44. The third kappa shape index (κ3) is 5.09. The fourth-order valence-electron chi connectivity index (χ4n) is 2.56. The number of carbonyl (C=O) groups is 1. The van der Waals surface area contributed by atoms with Gasteiger partial charge in [-0.2, -0.15) is 0 Å². The summed E-state index contributed by atoms with van der Waals surface area (Å²) in [7, 11) is 2.11. The molecule has 2 N–H and O–H groups in total. The normalized spacial score (nSPS) is 17.4. The monoisotopic (exact) mass is 339 g/mol. The smallest absolute Gasteiger partial charge is 0.227 e. The number of likely N-dealkylation sites (N-methyl/N-ethyl adjacent to an activating group) is 1. The Morgan fingerprint density at radius 1 is 1.30 bits per heavy atom. The SMILES string of the molecule is CC(C)C(O)CC(=O)Nc1cc(Cl)ccc1N1CCN(C)CC1. The minimum absolute atomic E-state index is 0.0530. The number of nitrogens with one attached hydrogen (secondary N) is 1. The van der Waals surface area contributed by atoms with Crippen molar-refractivity contribution in [2.24, 2.45) is 5.92 Å². The van der Waals surface area contributed by atoms with E-state index in [9.17, 15) is 9.90 Å². The van der Waals surface area contributed by atoms with Crippen LogP contribution in [0.2, 0.25) is 5.02 Å². The van der Waals surface area contributed by atoms with E-state index in [2.05, 4.69) is 22.2 Å². The Labute approximate surface area is 143 Å². The molecule has 0 bridgehead atoms. The molecule has 1 aliphatic rings. The molecule has 1 saturated heterocycles. The first kappa shape index (κ1) is 18.0. The van der Waals surface area contributed by atoms with E-state index in [4.69, 9.17) is 11.6 Å². The highest BCUT2D eigenvalue weighted by atomic mass is 35.5. The number of hydrogen-bond acceptors (Lipinski definition) is 4. The largest absolute Gasteiger partial charge is 0.392 e. The van der Waals surface area contributed by atoms with Gasteiger partial charge in [-0.1, -0.05) is 25.4 Å². The number of aliphatic hydroxyl groups is 1. The minimum atomic E-state index is -0.638. The van der Waals surface area contributed by atoms with E-state index >= 15 is 0 Å². The van der Waals surface area contributed by atoms with Gasteiger partial charge in [0.25, 0.3) is 0 Å². The average molecular weight is 340 g/mol. The molecule has 1 aliphatic heterocycles. The molecular formula is C17H26ClN3O2. The third-order valence-electron chi connectivity index (χ3n) is 4.24. The average Bonchev–Trinajstić information content (AvgIpc) is 2.48. The van der Waals surface area contributed by atoms with Crippen LogP contribution in [-0.4, -0.2) is 55.2 Å². The number of nitrogens with zero attached hydrogens (tertiary/aromatic N) is 2. The fourth-order valence-corrected chi connectivity index (χ4v) is 2.73. The van der Waals surface area contributed by atoms with Crippen molar-refractivity contribution in [3.63, 3.8) is 0 Å². The second-order valence-corrected chi connectivity index (χ2v) is 6.95. The lowest BCUT2D eigenvalue weighted by atomic mass is 10.0. The zero-order valence-corrected chi connectivity index (χ0v) is 14.8. The Morgan fingerprint density at radius 3 is 2.57 bits per heavy atom. The number of halogens is 1. The van der Waals surface area contributed by atoms with Crippen molar-refractivity contribution in [2.45, 2.75) is 26.4 Å². The molecule has 1 aromatic carbocycles. The fraction of sp³-hybridized carbons (Fsp3) is 0.588. The number of carbonyl (C=O) groups excluding carboxylic acids is 1. The molecule has 1 unspecified atom stereocenters. The Hall–Kier alpha value is -1.30. The summed E-state index contributed by atoms with van der Waals surface area (Å²) in [6.07, 6.45) is -0.548. The Bertz CT molecular complexity index is 543. The zero-order valence-electron chi connectivity index (χ0n) is 14.1. The number of hydrogen-bond donors (Lipinski definition) is 2. The highest BCUT2D eigenvalue weighted by molar-refractivity contribution is 6.31. The van der Waals surface area contributed by atoms with Crippen LogP contribution in [0.5, 0.6) is 0 Å². The molecule has 0 radical (unpaired) electrons. The summed E-state index contributed by atoms with van der Waals surface area (Å²) in [5, 5.41) is 13.4. The van der Waals surface area contributed by atoms with Crippen molar-refractivity contribution in [3.8, 4) is 0 Å². The van der Waals surface area contributed by atoms with Crippen LogP contribution in [0.15, 0.2) is 18.2 Å². The highest BCUT2D eigenvalue weighted by Crippen LogP contribution is 2.30. The number of benzene rings is 1. The molecule has 0 spiro atoms. The molecule has 23 heavy (non-hydrogen) atoms. The van der Waals surface area contributed by atoms with Gasteiger partial charge in [-0.05, 0) is 31.2 Å². The summed E-state index contributed by atoms with van der Waals surface area (Å²) in [5.41, 5.74) is 1.69. The summed E-state index contributed by atoms with van der Waals surface area (Å²) in [6.45, 7) is 7.59. The van der Waals surface area contributed by atoms with Gasteiger partial charge in [-0.3, -0.25) is 4.79 Å². The molecule has 0 aromatic heterocycles. The van der Waals surface area contributed by atoms with E-state index in [0.717, 1.165) is 31.9 Å². The predicted molar refractivity (Wildman–Crippen MR) is 95.3 cm³/mol. The molecule has 1 fully saturated rings. The van der Waals surface area contributed by atoms with Crippen LogP contribution in [-0.2, 0) is 4.79 Å². The Balaban J connectivity index is 2.11. The molecule has 128 valence electrons. The van der Waals surface area contributed by atoms with Crippen molar-refractivity contribution in [1.82, 2.24) is 4.90 Å². The van der Waals surface area contributed by atoms with Crippen molar-refractivity contribution in [2.75, 3.05) is 43.4 Å². The molecule has 1 heterocycles. The van der Waals surface area contributed by atoms with Gasteiger partial charge in [0.15, 0.2) is 0 Å². The summed E-state index contributed by atoms with van der Waals surface area (Å²) < 4.78 is 0. The maximum atomic E-state index is 12.2. The van der Waals surface area contributed by atoms with E-state index in [0.29, 0.717) is 10.7 Å². The molecule has 1 atom stereocenters. The van der Waals surface area contributed by atoms with Crippen LogP contribution in [0.1, 0.15) is 20.3 Å². The van der Waals surface area contributed by atoms with Crippen LogP contribution < -0.4 is 10.2 Å². The molecule has 1 amide bonds. The van der Waals surface area contributed by atoms with Gasteiger partial charge in [-0.25, -0.2) is 0 Å². The number of anilines is 2. The van der Waals surface area contributed by atoms with Gasteiger partial charge < -0.3 is 20.2 Å². The third-order valence-corrected chi connectivity index (χ3v) is 4.48.